The molecule has 1 saturated heterocycles. The van der Waals surface area contributed by atoms with Crippen LogP contribution in [0.4, 0.5) is 5.69 Å². The lowest BCUT2D eigenvalue weighted by atomic mass is 9.84. The maximum absolute atomic E-state index is 13.2. The lowest BCUT2D eigenvalue weighted by Gasteiger charge is -2.46. The molecule has 3 rings (SSSR count). The van der Waals surface area contributed by atoms with Gasteiger partial charge in [0.15, 0.2) is 0 Å². The molecule has 2 aromatic carbocycles. The van der Waals surface area contributed by atoms with Crippen LogP contribution in [0.3, 0.4) is 0 Å². The molecule has 2 aromatic rings. The molecule has 30 heavy (non-hydrogen) atoms. The first kappa shape index (κ1) is 15.9. The summed E-state index contributed by atoms with van der Waals surface area (Å²) in [7, 11) is 1.22. The summed E-state index contributed by atoms with van der Waals surface area (Å²) >= 11 is 0. The van der Waals surface area contributed by atoms with Crippen LogP contribution in [0, 0.1) is 0 Å². The van der Waals surface area contributed by atoms with Crippen molar-refractivity contribution in [3.63, 3.8) is 0 Å². The Morgan fingerprint density at radius 2 is 1.80 bits per heavy atom. The van der Waals surface area contributed by atoms with E-state index in [-0.39, 0.29) is 30.7 Å². The molecule has 160 valence electrons. The largest absolute Gasteiger partial charge is 0.508 e. The van der Waals surface area contributed by atoms with Crippen molar-refractivity contribution in [3.8, 4) is 5.75 Å². The number of methoxy groups -OCH3 is 1. The molecule has 0 unspecified atom stereocenters. The lowest BCUT2D eigenvalue weighted by Crippen LogP contribution is -2.62. The molecule has 6 heteroatoms. The Morgan fingerprint density at radius 1 is 1.17 bits per heavy atom. The van der Waals surface area contributed by atoms with Crippen molar-refractivity contribution in [2.24, 2.45) is 0 Å². The summed E-state index contributed by atoms with van der Waals surface area (Å²) in [5.74, 6) is -1.00. The third-order valence-corrected chi connectivity index (χ3v) is 5.59. The molecular formula is C24H30N2O4. The van der Waals surface area contributed by atoms with Gasteiger partial charge in [-0.3, -0.25) is 9.69 Å². The van der Waals surface area contributed by atoms with E-state index in [2.05, 4.69) is 4.90 Å². The van der Waals surface area contributed by atoms with Gasteiger partial charge in [0, 0.05) is 31.7 Å². The van der Waals surface area contributed by atoms with Gasteiger partial charge in [-0.1, -0.05) is 37.2 Å². The Labute approximate surface area is 185 Å². The zero-order valence-corrected chi connectivity index (χ0v) is 17.3. The predicted octanol–water partition coefficient (Wildman–Crippen LogP) is 3.39. The third kappa shape index (κ3) is 4.65. The van der Waals surface area contributed by atoms with Crippen LogP contribution in [0.25, 0.3) is 0 Å². The second-order valence-electron chi connectivity index (χ2n) is 7.34. The van der Waals surface area contributed by atoms with Crippen LogP contribution in [0.2, 0.25) is 0 Å². The van der Waals surface area contributed by atoms with Crippen LogP contribution in [0.5, 0.6) is 5.75 Å². The van der Waals surface area contributed by atoms with Crippen LogP contribution in [0.1, 0.15) is 38.6 Å². The molecule has 0 spiro atoms. The summed E-state index contributed by atoms with van der Waals surface area (Å²) in [6.45, 7) is 3.18. The van der Waals surface area contributed by atoms with Crippen LogP contribution in [0.15, 0.2) is 54.5 Å². The second kappa shape index (κ2) is 9.76. The molecule has 1 heterocycles. The number of phenolic OH excluding ortho intramolecular Hbond substituents is 1. The molecule has 1 N–H and O–H groups in total. The number of ether oxygens (including phenoxy) is 1. The van der Waals surface area contributed by atoms with Crippen molar-refractivity contribution >= 4 is 17.6 Å². The number of rotatable bonds is 7. The van der Waals surface area contributed by atoms with Crippen LogP contribution >= 0.6 is 0 Å². The van der Waals surface area contributed by atoms with Gasteiger partial charge >= 0.3 is 5.97 Å². The van der Waals surface area contributed by atoms with Crippen molar-refractivity contribution in [1.82, 2.24) is 4.90 Å². The van der Waals surface area contributed by atoms with Gasteiger partial charge in [-0.2, -0.15) is 0 Å². The maximum atomic E-state index is 13.2. The normalized spacial score (nSPS) is 18.4. The van der Waals surface area contributed by atoms with Gasteiger partial charge in [-0.25, -0.2) is 4.79 Å². The number of aromatic hydroxyl groups is 1. The van der Waals surface area contributed by atoms with Crippen molar-refractivity contribution in [2.45, 2.75) is 38.1 Å². The summed E-state index contributed by atoms with van der Waals surface area (Å²) in [4.78, 5) is 29.6. The van der Waals surface area contributed by atoms with E-state index in [9.17, 15) is 14.7 Å². The summed E-state index contributed by atoms with van der Waals surface area (Å²) in [5.41, 5.74) is -0.745. The van der Waals surface area contributed by atoms with Gasteiger partial charge in [-0.05, 0) is 49.0 Å². The topological polar surface area (TPSA) is 70.1 Å². The number of esters is 1. The SMILES string of the molecule is [2H]c1c([2H])c([2H])c(N(C(=O)CC)C2(C(=O)OC)CCN(CCc3ccc(O)cc3)CC2)c([2H])c1[2H]. The molecule has 1 aliphatic heterocycles. The minimum Gasteiger partial charge on any atom is -0.508 e. The first-order chi connectivity index (χ1) is 16.6. The molecule has 0 aliphatic carbocycles. The average Bonchev–Trinajstić information content (AvgIpc) is 2.88. The van der Waals surface area contributed by atoms with Gasteiger partial charge in [0.2, 0.25) is 5.91 Å². The summed E-state index contributed by atoms with van der Waals surface area (Å²) in [6.07, 6.45) is 1.07. The summed E-state index contributed by atoms with van der Waals surface area (Å²) in [5, 5.41) is 9.46. The van der Waals surface area contributed by atoms with E-state index < -0.39 is 47.6 Å². The van der Waals surface area contributed by atoms with Gasteiger partial charge < -0.3 is 14.7 Å². The fourth-order valence-corrected chi connectivity index (χ4v) is 3.90. The molecule has 0 saturated carbocycles. The van der Waals surface area contributed by atoms with Crippen LogP contribution in [-0.2, 0) is 20.7 Å². The van der Waals surface area contributed by atoms with E-state index in [0.717, 1.165) is 16.9 Å². The zero-order valence-electron chi connectivity index (χ0n) is 22.3. The third-order valence-electron chi connectivity index (χ3n) is 5.59. The molecular weight excluding hydrogens is 380 g/mol. The molecule has 1 aliphatic rings. The smallest absolute Gasteiger partial charge is 0.332 e. The number of para-hydroxylation sites is 1. The van der Waals surface area contributed by atoms with Gasteiger partial charge in [0.05, 0.1) is 14.0 Å². The van der Waals surface area contributed by atoms with Crippen molar-refractivity contribution < 1.29 is 26.3 Å². The highest BCUT2D eigenvalue weighted by atomic mass is 16.5. The summed E-state index contributed by atoms with van der Waals surface area (Å²) in [6, 6.07) is 4.18. The van der Waals surface area contributed by atoms with Crippen LogP contribution in [-0.4, -0.2) is 54.2 Å². The van der Waals surface area contributed by atoms with Crippen molar-refractivity contribution in [2.75, 3.05) is 31.6 Å². The van der Waals surface area contributed by atoms with E-state index in [1.54, 1.807) is 19.1 Å². The van der Waals surface area contributed by atoms with Crippen molar-refractivity contribution in [1.29, 1.82) is 0 Å². The van der Waals surface area contributed by atoms with Crippen LogP contribution < -0.4 is 4.90 Å². The van der Waals surface area contributed by atoms with Gasteiger partial charge in [0.25, 0.3) is 0 Å². The van der Waals surface area contributed by atoms with E-state index in [0.29, 0.717) is 19.6 Å². The number of amides is 1. The molecule has 0 radical (unpaired) electrons. The molecule has 1 amide bonds. The Balaban J connectivity index is 1.96. The van der Waals surface area contributed by atoms with E-state index >= 15 is 0 Å². The minimum atomic E-state index is -1.50. The Morgan fingerprint density at radius 3 is 2.37 bits per heavy atom. The number of anilines is 1. The summed E-state index contributed by atoms with van der Waals surface area (Å²) < 4.78 is 45.9. The highest BCUT2D eigenvalue weighted by Crippen LogP contribution is 2.35. The Bertz CT molecular complexity index is 1070. The fourth-order valence-electron chi connectivity index (χ4n) is 3.90. The highest BCUT2D eigenvalue weighted by molar-refractivity contribution is 6.02. The maximum Gasteiger partial charge on any atom is 0.332 e. The highest BCUT2D eigenvalue weighted by Gasteiger charge is 2.49. The standard InChI is InChI=1S/C24H30N2O4/c1-3-22(28)26(20-7-5-4-6-8-20)24(23(29)30-2)14-17-25(18-15-24)16-13-19-9-11-21(27)12-10-19/h4-12,27H,3,13-18H2,1-2H3/i4D,5D,6D,7D,8D. The first-order valence-corrected chi connectivity index (χ1v) is 10.1. The Hall–Kier alpha value is -2.86. The molecule has 0 bridgehead atoms. The number of likely N-dealkylation sites (tertiary alicyclic amines) is 1. The monoisotopic (exact) mass is 415 g/mol. The predicted molar refractivity (Wildman–Crippen MR) is 116 cm³/mol. The van der Waals surface area contributed by atoms with E-state index in [4.69, 9.17) is 11.6 Å². The molecule has 6 nitrogen and oxygen atoms in total. The quantitative estimate of drug-likeness (QED) is 0.702. The number of hydrogen-bond donors (Lipinski definition) is 1. The number of piperidine rings is 1. The first-order valence-electron chi connectivity index (χ1n) is 12.6. The van der Waals surface area contributed by atoms with Gasteiger partial charge in [-0.15, -0.1) is 0 Å². The number of hydrogen-bond acceptors (Lipinski definition) is 5. The molecule has 0 aromatic heterocycles. The van der Waals surface area contributed by atoms with Gasteiger partial charge in [0.1, 0.15) is 11.3 Å². The lowest BCUT2D eigenvalue weighted by molar-refractivity contribution is -0.151. The number of carbonyl (C=O) groups is 2. The molecule has 1 fully saturated rings. The Kier molecular flexibility index (Phi) is 5.18. The number of nitrogens with zero attached hydrogens (tertiary/aromatic N) is 2. The van der Waals surface area contributed by atoms with E-state index in [1.165, 1.54) is 7.11 Å². The average molecular weight is 416 g/mol. The van der Waals surface area contributed by atoms with Crippen molar-refractivity contribution in [3.05, 3.63) is 60.0 Å². The van der Waals surface area contributed by atoms with E-state index in [1.807, 2.05) is 12.1 Å². The minimum absolute atomic E-state index is 0.0223. The zero-order chi connectivity index (χ0) is 25.9. The molecule has 0 atom stereocenters. The number of benzene rings is 2. The second-order valence-corrected chi connectivity index (χ2v) is 7.34. The number of carbonyl (C=O) groups excluding carboxylic acids is 2. The fraction of sp³-hybridized carbons (Fsp3) is 0.417. The number of phenols is 1.